The summed E-state index contributed by atoms with van der Waals surface area (Å²) in [5.74, 6) is 7.22. The first-order valence-corrected chi connectivity index (χ1v) is 12.4. The first kappa shape index (κ1) is 25.3. The lowest BCUT2D eigenvalue weighted by Gasteiger charge is -2.24. The molecule has 38 heavy (non-hydrogen) atoms. The fourth-order valence-electron chi connectivity index (χ4n) is 4.15. The number of anilines is 1. The molecule has 2 amide bonds. The van der Waals surface area contributed by atoms with Gasteiger partial charge in [-0.05, 0) is 36.4 Å². The van der Waals surface area contributed by atoms with Crippen LogP contribution in [0.5, 0.6) is 17.2 Å². The van der Waals surface area contributed by atoms with Gasteiger partial charge in [-0.3, -0.25) is 19.5 Å². The summed E-state index contributed by atoms with van der Waals surface area (Å²) in [4.78, 5) is 34.1. The molecule has 0 bridgehead atoms. The normalized spacial score (nSPS) is 17.3. The molecule has 1 fully saturated rings. The maximum atomic E-state index is 13.2. The molecule has 0 aliphatic carbocycles. The first-order valence-electron chi connectivity index (χ1n) is 12.4. The number of rotatable bonds is 5. The van der Waals surface area contributed by atoms with Crippen molar-refractivity contribution in [1.82, 2.24) is 15.2 Å². The predicted octanol–water partition coefficient (Wildman–Crippen LogP) is 2.71. The molecular formula is C29H28N4O5. The van der Waals surface area contributed by atoms with Gasteiger partial charge in [0, 0.05) is 38.0 Å². The molecule has 0 saturated carbocycles. The van der Waals surface area contributed by atoms with E-state index in [-0.39, 0.29) is 18.2 Å². The van der Waals surface area contributed by atoms with Gasteiger partial charge in [-0.2, -0.15) is 0 Å². The summed E-state index contributed by atoms with van der Waals surface area (Å²) in [5.41, 5.74) is 1.51. The van der Waals surface area contributed by atoms with Crippen molar-refractivity contribution >= 4 is 17.5 Å². The Hall–Kier alpha value is -4.39. The van der Waals surface area contributed by atoms with Crippen molar-refractivity contribution in [2.24, 2.45) is 0 Å². The van der Waals surface area contributed by atoms with E-state index in [1.165, 1.54) is 17.2 Å². The summed E-state index contributed by atoms with van der Waals surface area (Å²) < 4.78 is 17.1. The molecule has 0 radical (unpaired) electrons. The number of carbonyl (C=O) groups is 2. The minimum absolute atomic E-state index is 0.00975. The number of carbonyl (C=O) groups excluding carboxylic acids is 2. The Labute approximate surface area is 221 Å². The molecule has 1 saturated heterocycles. The fourth-order valence-corrected chi connectivity index (χ4v) is 4.15. The highest BCUT2D eigenvalue weighted by Crippen LogP contribution is 2.31. The van der Waals surface area contributed by atoms with Crippen LogP contribution in [0.25, 0.3) is 0 Å². The third-order valence-corrected chi connectivity index (χ3v) is 6.24. The van der Waals surface area contributed by atoms with Crippen LogP contribution in [0.15, 0.2) is 66.9 Å². The number of para-hydroxylation sites is 1. The van der Waals surface area contributed by atoms with Gasteiger partial charge in [0.2, 0.25) is 0 Å². The van der Waals surface area contributed by atoms with E-state index in [1.807, 2.05) is 42.5 Å². The van der Waals surface area contributed by atoms with E-state index in [2.05, 4.69) is 27.0 Å². The number of amides is 2. The van der Waals surface area contributed by atoms with Gasteiger partial charge in [0.05, 0.1) is 25.4 Å². The Morgan fingerprint density at radius 3 is 2.74 bits per heavy atom. The van der Waals surface area contributed by atoms with E-state index in [1.54, 1.807) is 19.2 Å². The Balaban J connectivity index is 1.24. The average molecular weight is 513 g/mol. The van der Waals surface area contributed by atoms with Crippen molar-refractivity contribution in [2.75, 3.05) is 51.4 Å². The Kier molecular flexibility index (Phi) is 7.83. The summed E-state index contributed by atoms with van der Waals surface area (Å²) >= 11 is 0. The topological polar surface area (TPSA) is 93.2 Å². The molecule has 1 N–H and O–H groups in total. The minimum atomic E-state index is -0.892. The van der Waals surface area contributed by atoms with Crippen molar-refractivity contribution in [3.63, 3.8) is 0 Å². The largest absolute Gasteiger partial charge is 0.489 e. The number of fused-ring (bicyclic) bond motifs is 1. The average Bonchev–Trinajstić information content (AvgIpc) is 3.06. The van der Waals surface area contributed by atoms with E-state index < -0.39 is 11.9 Å². The molecule has 9 heteroatoms. The zero-order valence-corrected chi connectivity index (χ0v) is 21.1. The molecular weight excluding hydrogens is 484 g/mol. The second-order valence-corrected chi connectivity index (χ2v) is 8.90. The molecule has 2 aromatic carbocycles. The number of aromatic nitrogens is 1. The number of benzene rings is 2. The lowest BCUT2D eigenvalue weighted by atomic mass is 10.1. The van der Waals surface area contributed by atoms with Crippen LogP contribution in [0, 0.1) is 11.8 Å². The zero-order chi connectivity index (χ0) is 26.3. The second kappa shape index (κ2) is 11.8. The molecule has 1 aromatic heterocycles. The summed E-state index contributed by atoms with van der Waals surface area (Å²) in [6.45, 7) is 3.85. The Bertz CT molecular complexity index is 1360. The third-order valence-electron chi connectivity index (χ3n) is 6.24. The number of pyridine rings is 1. The highest BCUT2D eigenvalue weighted by Gasteiger charge is 2.31. The van der Waals surface area contributed by atoms with Gasteiger partial charge in [0.25, 0.3) is 11.8 Å². The maximum Gasteiger partial charge on any atom is 0.270 e. The van der Waals surface area contributed by atoms with Gasteiger partial charge in [-0.1, -0.05) is 30.0 Å². The monoisotopic (exact) mass is 512 g/mol. The number of hydrogen-bond acceptors (Lipinski definition) is 7. The van der Waals surface area contributed by atoms with Crippen molar-refractivity contribution in [1.29, 1.82) is 0 Å². The molecule has 0 unspecified atom stereocenters. The van der Waals surface area contributed by atoms with E-state index in [0.29, 0.717) is 29.5 Å². The molecule has 194 valence electrons. The zero-order valence-electron chi connectivity index (χ0n) is 21.1. The molecule has 5 rings (SSSR count). The van der Waals surface area contributed by atoms with Crippen LogP contribution in [-0.2, 0) is 9.53 Å². The van der Waals surface area contributed by atoms with Gasteiger partial charge < -0.3 is 24.4 Å². The van der Waals surface area contributed by atoms with Crippen LogP contribution in [0.1, 0.15) is 16.1 Å². The van der Waals surface area contributed by atoms with Gasteiger partial charge in [-0.25, -0.2) is 0 Å². The third kappa shape index (κ3) is 6.11. The Morgan fingerprint density at radius 1 is 1.11 bits per heavy atom. The summed E-state index contributed by atoms with van der Waals surface area (Å²) in [5, 5.41) is 2.75. The van der Waals surface area contributed by atoms with Crippen molar-refractivity contribution in [3.8, 4) is 29.1 Å². The SMILES string of the molecule is CN1C(=O)[C@H](NC(=O)c2cc(Oc3ccccc3)ccn2)COc2ccc(C#CCN3CCOCC3)cc21. The molecule has 3 aromatic rings. The molecule has 9 nitrogen and oxygen atoms in total. The maximum absolute atomic E-state index is 13.2. The van der Waals surface area contributed by atoms with Crippen LogP contribution in [-0.4, -0.2) is 74.2 Å². The highest BCUT2D eigenvalue weighted by atomic mass is 16.5. The lowest BCUT2D eigenvalue weighted by molar-refractivity contribution is -0.120. The summed E-state index contributed by atoms with van der Waals surface area (Å²) in [7, 11) is 1.66. The van der Waals surface area contributed by atoms with Crippen molar-refractivity contribution < 1.29 is 23.8 Å². The van der Waals surface area contributed by atoms with Gasteiger partial charge in [0.15, 0.2) is 0 Å². The van der Waals surface area contributed by atoms with E-state index >= 15 is 0 Å². The number of hydrogen-bond donors (Lipinski definition) is 1. The summed E-state index contributed by atoms with van der Waals surface area (Å²) in [6, 6.07) is 17.0. The molecule has 3 heterocycles. The smallest absolute Gasteiger partial charge is 0.270 e. The van der Waals surface area contributed by atoms with Crippen LogP contribution in [0.2, 0.25) is 0 Å². The fraction of sp³-hybridized carbons (Fsp3) is 0.276. The second-order valence-electron chi connectivity index (χ2n) is 8.90. The van der Waals surface area contributed by atoms with E-state index in [9.17, 15) is 9.59 Å². The minimum Gasteiger partial charge on any atom is -0.489 e. The van der Waals surface area contributed by atoms with Crippen LogP contribution < -0.4 is 19.7 Å². The Morgan fingerprint density at radius 2 is 1.92 bits per heavy atom. The summed E-state index contributed by atoms with van der Waals surface area (Å²) in [6.07, 6.45) is 1.49. The molecule has 2 aliphatic rings. The molecule has 0 spiro atoms. The molecule has 2 aliphatic heterocycles. The van der Waals surface area contributed by atoms with Gasteiger partial charge in [-0.15, -0.1) is 0 Å². The van der Waals surface area contributed by atoms with Gasteiger partial charge in [0.1, 0.15) is 35.6 Å². The number of ether oxygens (including phenoxy) is 3. The standard InChI is InChI=1S/C29H28N4O5/c1-32-26-18-21(6-5-13-33-14-16-36-17-15-33)9-10-27(26)37-20-25(29(32)35)31-28(34)24-19-23(11-12-30-24)38-22-7-3-2-4-8-22/h2-4,7-12,18-19,25H,13-17,20H2,1H3,(H,31,34)/t25-/m1/s1. The van der Waals surface area contributed by atoms with Gasteiger partial charge >= 0.3 is 0 Å². The van der Waals surface area contributed by atoms with Crippen LogP contribution >= 0.6 is 0 Å². The van der Waals surface area contributed by atoms with Crippen LogP contribution in [0.3, 0.4) is 0 Å². The first-order chi connectivity index (χ1) is 18.6. The van der Waals surface area contributed by atoms with Crippen molar-refractivity contribution in [2.45, 2.75) is 6.04 Å². The predicted molar refractivity (Wildman–Crippen MR) is 141 cm³/mol. The van der Waals surface area contributed by atoms with E-state index in [0.717, 1.165) is 31.9 Å². The van der Waals surface area contributed by atoms with Crippen molar-refractivity contribution in [3.05, 3.63) is 78.1 Å². The molecule has 1 atom stereocenters. The quantitative estimate of drug-likeness (QED) is 0.526. The highest BCUT2D eigenvalue weighted by molar-refractivity contribution is 6.03. The van der Waals surface area contributed by atoms with Crippen LogP contribution in [0.4, 0.5) is 5.69 Å². The number of likely N-dealkylation sites (N-methyl/N-ethyl adjacent to an activating group) is 1. The number of nitrogens with zero attached hydrogens (tertiary/aromatic N) is 3. The number of morpholine rings is 1. The lowest BCUT2D eigenvalue weighted by Crippen LogP contribution is -2.49. The number of nitrogens with one attached hydrogen (secondary N) is 1. The van der Waals surface area contributed by atoms with E-state index in [4.69, 9.17) is 14.2 Å².